The Morgan fingerprint density at radius 1 is 1.47 bits per heavy atom. The van der Waals surface area contributed by atoms with Crippen LogP contribution in [0.5, 0.6) is 11.5 Å². The maximum absolute atomic E-state index is 11.0. The maximum atomic E-state index is 11.0. The zero-order valence-corrected chi connectivity index (χ0v) is 11.3. The number of thiazole rings is 1. The van der Waals surface area contributed by atoms with E-state index in [2.05, 4.69) is 4.98 Å². The lowest BCUT2D eigenvalue weighted by Gasteiger charge is -2.06. The van der Waals surface area contributed by atoms with Crippen molar-refractivity contribution in [3.63, 3.8) is 0 Å². The number of aryl methyl sites for hydroxylation is 1. The van der Waals surface area contributed by atoms with Gasteiger partial charge in [-0.3, -0.25) is 0 Å². The summed E-state index contributed by atoms with van der Waals surface area (Å²) in [6.07, 6.45) is 0. The molecule has 100 valence electrons. The molecule has 0 saturated carbocycles. The molecule has 5 nitrogen and oxygen atoms in total. The Balaban J connectivity index is 2.44. The van der Waals surface area contributed by atoms with E-state index in [1.807, 2.05) is 6.92 Å². The monoisotopic (exact) mass is 279 g/mol. The van der Waals surface area contributed by atoms with E-state index in [0.29, 0.717) is 22.2 Å². The van der Waals surface area contributed by atoms with Gasteiger partial charge in [0.1, 0.15) is 5.01 Å². The van der Waals surface area contributed by atoms with Crippen LogP contribution in [0.2, 0.25) is 0 Å². The molecule has 0 amide bonds. The van der Waals surface area contributed by atoms with E-state index in [1.165, 1.54) is 17.4 Å². The van der Waals surface area contributed by atoms with Crippen molar-refractivity contribution < 1.29 is 19.7 Å². The minimum Gasteiger partial charge on any atom is -0.504 e. The molecule has 0 aliphatic rings. The Kier molecular flexibility index (Phi) is 3.71. The molecule has 2 rings (SSSR count). The summed E-state index contributed by atoms with van der Waals surface area (Å²) in [5.41, 5.74) is 0.785. The minimum absolute atomic E-state index is 0.0531. The van der Waals surface area contributed by atoms with Crippen molar-refractivity contribution >= 4 is 17.3 Å². The molecule has 0 atom stereocenters. The first-order chi connectivity index (χ1) is 9.02. The van der Waals surface area contributed by atoms with Crippen molar-refractivity contribution in [2.24, 2.45) is 0 Å². The van der Waals surface area contributed by atoms with Crippen LogP contribution in [0.15, 0.2) is 18.2 Å². The number of carboxylic acids is 1. The number of phenols is 1. The summed E-state index contributed by atoms with van der Waals surface area (Å²) in [6, 6.07) is 4.85. The van der Waals surface area contributed by atoms with E-state index in [-0.39, 0.29) is 11.4 Å². The molecule has 6 heteroatoms. The standard InChI is InChI=1S/C13H13NO4S/c1-3-18-10-6-8(4-5-9(10)15)12-14-11(13(16)17)7(2)19-12/h4-6,15H,3H2,1-2H3,(H,16,17). The van der Waals surface area contributed by atoms with Gasteiger partial charge in [-0.1, -0.05) is 0 Å². The topological polar surface area (TPSA) is 79.7 Å². The fraction of sp³-hybridized carbons (Fsp3) is 0.231. The molecule has 0 spiro atoms. The van der Waals surface area contributed by atoms with Crippen molar-refractivity contribution in [1.29, 1.82) is 0 Å². The number of benzene rings is 1. The Morgan fingerprint density at radius 2 is 2.21 bits per heavy atom. The van der Waals surface area contributed by atoms with Crippen molar-refractivity contribution in [2.45, 2.75) is 13.8 Å². The first kappa shape index (κ1) is 13.4. The van der Waals surface area contributed by atoms with Crippen LogP contribution in [0.4, 0.5) is 0 Å². The zero-order chi connectivity index (χ0) is 14.0. The van der Waals surface area contributed by atoms with Crippen LogP contribution in [0.1, 0.15) is 22.3 Å². The van der Waals surface area contributed by atoms with Gasteiger partial charge in [0.2, 0.25) is 0 Å². The van der Waals surface area contributed by atoms with Crippen LogP contribution in [0.25, 0.3) is 10.6 Å². The number of phenolic OH excluding ortho intramolecular Hbond substituents is 1. The molecule has 0 radical (unpaired) electrons. The third kappa shape index (κ3) is 2.68. The lowest BCUT2D eigenvalue weighted by molar-refractivity contribution is 0.0690. The SMILES string of the molecule is CCOc1cc(-c2nc(C(=O)O)c(C)s2)ccc1O. The van der Waals surface area contributed by atoms with Gasteiger partial charge in [-0.2, -0.15) is 0 Å². The van der Waals surface area contributed by atoms with Crippen molar-refractivity contribution in [2.75, 3.05) is 6.61 Å². The number of carboxylic acid groups (broad SMARTS) is 1. The molecule has 0 fully saturated rings. The molecule has 2 aromatic rings. The molecule has 0 unspecified atom stereocenters. The van der Waals surface area contributed by atoms with Gasteiger partial charge in [-0.05, 0) is 32.0 Å². The summed E-state index contributed by atoms with van der Waals surface area (Å²) in [6.45, 7) is 3.98. The molecular weight excluding hydrogens is 266 g/mol. The molecule has 1 aromatic carbocycles. The summed E-state index contributed by atoms with van der Waals surface area (Å²) < 4.78 is 5.29. The Morgan fingerprint density at radius 3 is 2.79 bits per heavy atom. The summed E-state index contributed by atoms with van der Waals surface area (Å²) in [7, 11) is 0. The van der Waals surface area contributed by atoms with E-state index in [0.717, 1.165) is 5.56 Å². The van der Waals surface area contributed by atoms with Gasteiger partial charge in [0, 0.05) is 10.4 Å². The van der Waals surface area contributed by atoms with E-state index in [4.69, 9.17) is 9.84 Å². The molecule has 19 heavy (non-hydrogen) atoms. The predicted octanol–water partition coefficient (Wildman–Crippen LogP) is 2.92. The number of aromatic nitrogens is 1. The minimum atomic E-state index is -1.04. The highest BCUT2D eigenvalue weighted by Crippen LogP contribution is 2.34. The number of hydrogen-bond donors (Lipinski definition) is 2. The third-order valence-corrected chi connectivity index (χ3v) is 3.53. The Labute approximate surface area is 114 Å². The fourth-order valence-corrected chi connectivity index (χ4v) is 2.54. The smallest absolute Gasteiger partial charge is 0.355 e. The molecule has 0 saturated heterocycles. The number of rotatable bonds is 4. The van der Waals surface area contributed by atoms with E-state index >= 15 is 0 Å². The number of aromatic carboxylic acids is 1. The number of carbonyl (C=O) groups is 1. The lowest BCUT2D eigenvalue weighted by atomic mass is 10.2. The quantitative estimate of drug-likeness (QED) is 0.899. The van der Waals surface area contributed by atoms with Crippen molar-refractivity contribution in [1.82, 2.24) is 4.98 Å². The molecule has 0 aliphatic carbocycles. The van der Waals surface area contributed by atoms with Crippen LogP contribution in [-0.2, 0) is 0 Å². The van der Waals surface area contributed by atoms with Crippen molar-refractivity contribution in [3.05, 3.63) is 28.8 Å². The van der Waals surface area contributed by atoms with Gasteiger partial charge in [0.05, 0.1) is 6.61 Å². The van der Waals surface area contributed by atoms with Crippen molar-refractivity contribution in [3.8, 4) is 22.1 Å². The molecule has 2 N–H and O–H groups in total. The van der Waals surface area contributed by atoms with Crippen LogP contribution in [0.3, 0.4) is 0 Å². The second-order valence-electron chi connectivity index (χ2n) is 3.84. The second-order valence-corrected chi connectivity index (χ2v) is 5.05. The lowest BCUT2D eigenvalue weighted by Crippen LogP contribution is -1.98. The van der Waals surface area contributed by atoms with Gasteiger partial charge < -0.3 is 14.9 Å². The maximum Gasteiger partial charge on any atom is 0.355 e. The van der Waals surface area contributed by atoms with Gasteiger partial charge in [0.15, 0.2) is 17.2 Å². The highest BCUT2D eigenvalue weighted by atomic mass is 32.1. The molecule has 0 aliphatic heterocycles. The number of aromatic hydroxyl groups is 1. The Bertz CT molecular complexity index is 621. The number of hydrogen-bond acceptors (Lipinski definition) is 5. The van der Waals surface area contributed by atoms with E-state index in [1.54, 1.807) is 19.1 Å². The van der Waals surface area contributed by atoms with Gasteiger partial charge in [-0.25, -0.2) is 9.78 Å². The average Bonchev–Trinajstić information content (AvgIpc) is 2.74. The van der Waals surface area contributed by atoms with Gasteiger partial charge >= 0.3 is 5.97 Å². The highest BCUT2D eigenvalue weighted by Gasteiger charge is 2.16. The zero-order valence-electron chi connectivity index (χ0n) is 10.5. The Hall–Kier alpha value is -2.08. The number of ether oxygens (including phenoxy) is 1. The van der Waals surface area contributed by atoms with Gasteiger partial charge in [0.25, 0.3) is 0 Å². The van der Waals surface area contributed by atoms with Crippen LogP contribution in [-0.4, -0.2) is 27.8 Å². The first-order valence-electron chi connectivity index (χ1n) is 5.69. The fourth-order valence-electron chi connectivity index (χ4n) is 1.64. The molecular formula is C13H13NO4S. The molecule has 0 bridgehead atoms. The second kappa shape index (κ2) is 5.27. The molecule has 1 heterocycles. The number of nitrogens with zero attached hydrogens (tertiary/aromatic N) is 1. The first-order valence-corrected chi connectivity index (χ1v) is 6.51. The summed E-state index contributed by atoms with van der Waals surface area (Å²) in [5, 5.41) is 19.2. The highest BCUT2D eigenvalue weighted by molar-refractivity contribution is 7.15. The largest absolute Gasteiger partial charge is 0.504 e. The summed E-state index contributed by atoms with van der Waals surface area (Å²) in [4.78, 5) is 15.7. The van der Waals surface area contributed by atoms with Crippen LogP contribution < -0.4 is 4.74 Å². The van der Waals surface area contributed by atoms with E-state index in [9.17, 15) is 9.90 Å². The average molecular weight is 279 g/mol. The summed E-state index contributed by atoms with van der Waals surface area (Å²) in [5.74, 6) is -0.620. The predicted molar refractivity (Wildman–Crippen MR) is 72.1 cm³/mol. The summed E-state index contributed by atoms with van der Waals surface area (Å²) >= 11 is 1.30. The van der Waals surface area contributed by atoms with Crippen LogP contribution in [0, 0.1) is 6.92 Å². The third-order valence-electron chi connectivity index (χ3n) is 2.51. The van der Waals surface area contributed by atoms with Gasteiger partial charge in [-0.15, -0.1) is 11.3 Å². The van der Waals surface area contributed by atoms with Crippen LogP contribution >= 0.6 is 11.3 Å². The van der Waals surface area contributed by atoms with E-state index < -0.39 is 5.97 Å². The normalized spacial score (nSPS) is 10.4. The molecule has 1 aromatic heterocycles.